The van der Waals surface area contributed by atoms with E-state index in [0.717, 1.165) is 31.8 Å². The van der Waals surface area contributed by atoms with E-state index in [1.54, 1.807) is 0 Å². The number of hydrogen-bond acceptors (Lipinski definition) is 5. The number of piperidine rings is 1. The largest absolute Gasteiger partial charge is 0.392 e. The number of hydrogen-bond donors (Lipinski definition) is 1. The van der Waals surface area contributed by atoms with Crippen LogP contribution in [0, 0.1) is 0 Å². The summed E-state index contributed by atoms with van der Waals surface area (Å²) in [4.78, 5) is 6.70. The second-order valence-corrected chi connectivity index (χ2v) is 5.56. The highest BCUT2D eigenvalue weighted by molar-refractivity contribution is 4.98. The third-order valence-corrected chi connectivity index (χ3v) is 4.04. The third-order valence-electron chi connectivity index (χ3n) is 4.04. The molecule has 0 bridgehead atoms. The molecule has 2 fully saturated rings. The minimum Gasteiger partial charge on any atom is -0.392 e. The number of likely N-dealkylation sites (tertiary alicyclic amines) is 1. The third kappa shape index (κ3) is 2.72. The van der Waals surface area contributed by atoms with E-state index >= 15 is 0 Å². The van der Waals surface area contributed by atoms with Gasteiger partial charge in [-0.15, -0.1) is 0 Å². The highest BCUT2D eigenvalue weighted by Gasteiger charge is 2.24. The first-order valence-electron chi connectivity index (χ1n) is 7.04. The lowest BCUT2D eigenvalue weighted by Gasteiger charge is -2.28. The average molecular weight is 251 g/mol. The molecule has 5 heteroatoms. The van der Waals surface area contributed by atoms with Crippen molar-refractivity contribution in [3.05, 3.63) is 11.7 Å². The standard InChI is InChI=1S/C13H21N3O2/c17-11-6-3-7-16(8-11)9-12-14-13(15-18-12)10-4-1-2-5-10/h10-11,17H,1-9H2. The van der Waals surface area contributed by atoms with E-state index < -0.39 is 0 Å². The molecule has 1 aliphatic carbocycles. The minimum absolute atomic E-state index is 0.198. The maximum atomic E-state index is 9.63. The van der Waals surface area contributed by atoms with Gasteiger partial charge in [-0.25, -0.2) is 0 Å². The molecule has 1 N–H and O–H groups in total. The van der Waals surface area contributed by atoms with E-state index in [2.05, 4.69) is 15.0 Å². The zero-order chi connectivity index (χ0) is 12.4. The van der Waals surface area contributed by atoms with Gasteiger partial charge in [-0.2, -0.15) is 4.98 Å². The normalized spacial score (nSPS) is 26.8. The summed E-state index contributed by atoms with van der Waals surface area (Å²) in [5.74, 6) is 2.10. The number of nitrogens with zero attached hydrogens (tertiary/aromatic N) is 3. The summed E-state index contributed by atoms with van der Waals surface area (Å²) in [6.07, 6.45) is 6.72. The quantitative estimate of drug-likeness (QED) is 0.885. The molecule has 0 amide bonds. The number of aromatic nitrogens is 2. The van der Waals surface area contributed by atoms with E-state index in [-0.39, 0.29) is 6.10 Å². The maximum absolute atomic E-state index is 9.63. The van der Waals surface area contributed by atoms with Crippen LogP contribution in [-0.2, 0) is 6.54 Å². The Morgan fingerprint density at radius 1 is 1.22 bits per heavy atom. The molecule has 1 aromatic rings. The fourth-order valence-corrected chi connectivity index (χ4v) is 3.05. The Kier molecular flexibility index (Phi) is 3.61. The Morgan fingerprint density at radius 3 is 2.83 bits per heavy atom. The van der Waals surface area contributed by atoms with Gasteiger partial charge in [-0.1, -0.05) is 18.0 Å². The lowest BCUT2D eigenvalue weighted by atomic mass is 10.1. The molecule has 1 aliphatic heterocycles. The first-order chi connectivity index (χ1) is 8.81. The first-order valence-corrected chi connectivity index (χ1v) is 7.04. The van der Waals surface area contributed by atoms with E-state index in [4.69, 9.17) is 4.52 Å². The summed E-state index contributed by atoms with van der Waals surface area (Å²) in [5.41, 5.74) is 0. The van der Waals surface area contributed by atoms with E-state index in [1.165, 1.54) is 25.7 Å². The summed E-state index contributed by atoms with van der Waals surface area (Å²) < 4.78 is 5.33. The Morgan fingerprint density at radius 2 is 2.06 bits per heavy atom. The molecule has 0 spiro atoms. The number of aliphatic hydroxyl groups excluding tert-OH is 1. The first kappa shape index (κ1) is 12.1. The van der Waals surface area contributed by atoms with E-state index in [9.17, 15) is 5.11 Å². The van der Waals surface area contributed by atoms with Crippen molar-refractivity contribution in [1.82, 2.24) is 15.0 Å². The van der Waals surface area contributed by atoms with Crippen molar-refractivity contribution in [2.24, 2.45) is 0 Å². The molecule has 5 nitrogen and oxygen atoms in total. The topological polar surface area (TPSA) is 62.4 Å². The molecule has 18 heavy (non-hydrogen) atoms. The van der Waals surface area contributed by atoms with Crippen LogP contribution in [0.4, 0.5) is 0 Å². The molecule has 1 saturated heterocycles. The van der Waals surface area contributed by atoms with Crippen LogP contribution in [0.1, 0.15) is 56.2 Å². The fraction of sp³-hybridized carbons (Fsp3) is 0.846. The fourth-order valence-electron chi connectivity index (χ4n) is 3.05. The van der Waals surface area contributed by atoms with Crippen molar-refractivity contribution in [1.29, 1.82) is 0 Å². The van der Waals surface area contributed by atoms with E-state index in [1.807, 2.05) is 0 Å². The Hall–Kier alpha value is -0.940. The molecule has 2 heterocycles. The van der Waals surface area contributed by atoms with Gasteiger partial charge in [0.25, 0.3) is 0 Å². The molecule has 2 aliphatic rings. The molecule has 0 aromatic carbocycles. The second-order valence-electron chi connectivity index (χ2n) is 5.56. The lowest BCUT2D eigenvalue weighted by molar-refractivity contribution is 0.0613. The molecule has 1 aromatic heterocycles. The average Bonchev–Trinajstić information content (AvgIpc) is 2.98. The van der Waals surface area contributed by atoms with Gasteiger partial charge in [0.1, 0.15) is 0 Å². The maximum Gasteiger partial charge on any atom is 0.240 e. The zero-order valence-electron chi connectivity index (χ0n) is 10.7. The van der Waals surface area contributed by atoms with Gasteiger partial charge in [-0.05, 0) is 32.2 Å². The van der Waals surface area contributed by atoms with Gasteiger partial charge in [0.2, 0.25) is 5.89 Å². The summed E-state index contributed by atoms with van der Waals surface area (Å²) in [5, 5.41) is 13.7. The molecular weight excluding hydrogens is 230 g/mol. The SMILES string of the molecule is OC1CCCN(Cc2nc(C3CCCC3)no2)C1. The van der Waals surface area contributed by atoms with Crippen molar-refractivity contribution in [3.63, 3.8) is 0 Å². The number of aliphatic hydroxyl groups is 1. The van der Waals surface area contributed by atoms with Gasteiger partial charge in [0, 0.05) is 12.5 Å². The van der Waals surface area contributed by atoms with Crippen LogP contribution in [0.2, 0.25) is 0 Å². The number of β-amino-alcohol motifs (C(OH)–C–C–N with tert-alkyl or cyclic N) is 1. The second kappa shape index (κ2) is 5.36. The van der Waals surface area contributed by atoms with Crippen LogP contribution < -0.4 is 0 Å². The molecule has 0 radical (unpaired) electrons. The smallest absolute Gasteiger partial charge is 0.240 e. The molecule has 1 atom stereocenters. The van der Waals surface area contributed by atoms with Crippen LogP contribution in [-0.4, -0.2) is 39.3 Å². The highest BCUT2D eigenvalue weighted by Crippen LogP contribution is 2.32. The van der Waals surface area contributed by atoms with Gasteiger partial charge in [-0.3, -0.25) is 4.90 Å². The van der Waals surface area contributed by atoms with Gasteiger partial charge < -0.3 is 9.63 Å². The summed E-state index contributed by atoms with van der Waals surface area (Å²) in [6.45, 7) is 2.41. The monoisotopic (exact) mass is 251 g/mol. The minimum atomic E-state index is -0.198. The van der Waals surface area contributed by atoms with Gasteiger partial charge >= 0.3 is 0 Å². The summed E-state index contributed by atoms with van der Waals surface area (Å²) in [6, 6.07) is 0. The van der Waals surface area contributed by atoms with Crippen molar-refractivity contribution < 1.29 is 9.63 Å². The van der Waals surface area contributed by atoms with Crippen molar-refractivity contribution >= 4 is 0 Å². The van der Waals surface area contributed by atoms with E-state index in [0.29, 0.717) is 18.4 Å². The molecular formula is C13H21N3O2. The summed E-state index contributed by atoms with van der Waals surface area (Å²) >= 11 is 0. The molecule has 1 saturated carbocycles. The van der Waals surface area contributed by atoms with Crippen LogP contribution in [0.25, 0.3) is 0 Å². The van der Waals surface area contributed by atoms with Crippen LogP contribution in [0.5, 0.6) is 0 Å². The zero-order valence-corrected chi connectivity index (χ0v) is 10.7. The molecule has 100 valence electrons. The van der Waals surface area contributed by atoms with Crippen molar-refractivity contribution in [2.45, 2.75) is 57.1 Å². The van der Waals surface area contributed by atoms with Crippen LogP contribution >= 0.6 is 0 Å². The predicted octanol–water partition coefficient (Wildman–Crippen LogP) is 1.68. The lowest BCUT2D eigenvalue weighted by Crippen LogP contribution is -2.37. The predicted molar refractivity (Wildman–Crippen MR) is 66.0 cm³/mol. The Labute approximate surface area is 107 Å². The highest BCUT2D eigenvalue weighted by atomic mass is 16.5. The molecule has 3 rings (SSSR count). The molecule has 1 unspecified atom stereocenters. The van der Waals surface area contributed by atoms with Crippen molar-refractivity contribution in [2.75, 3.05) is 13.1 Å². The Balaban J connectivity index is 1.59. The van der Waals surface area contributed by atoms with Crippen molar-refractivity contribution in [3.8, 4) is 0 Å². The Bertz CT molecular complexity index is 387. The van der Waals surface area contributed by atoms with Crippen LogP contribution in [0.3, 0.4) is 0 Å². The van der Waals surface area contributed by atoms with Gasteiger partial charge in [0.15, 0.2) is 5.82 Å². The summed E-state index contributed by atoms with van der Waals surface area (Å²) in [7, 11) is 0. The van der Waals surface area contributed by atoms with Gasteiger partial charge in [0.05, 0.1) is 12.6 Å². The van der Waals surface area contributed by atoms with Crippen LogP contribution in [0.15, 0.2) is 4.52 Å². The number of rotatable bonds is 3.